The molecule has 0 spiro atoms. The van der Waals surface area contributed by atoms with Crippen LogP contribution < -0.4 is 10.6 Å². The number of nitrogens with one attached hydrogen (secondary N) is 2. The second-order valence-electron chi connectivity index (χ2n) is 6.91. The Morgan fingerprint density at radius 2 is 1.92 bits per heavy atom. The van der Waals surface area contributed by atoms with Gasteiger partial charge in [-0.1, -0.05) is 12.8 Å². The lowest BCUT2D eigenvalue weighted by Crippen LogP contribution is -2.28. The van der Waals surface area contributed by atoms with E-state index in [0.29, 0.717) is 11.7 Å². The lowest BCUT2D eigenvalue weighted by Gasteiger charge is -2.11. The van der Waals surface area contributed by atoms with Crippen molar-refractivity contribution in [2.45, 2.75) is 70.9 Å². The van der Waals surface area contributed by atoms with Crippen LogP contribution >= 0.6 is 11.3 Å². The predicted molar refractivity (Wildman–Crippen MR) is 99.0 cm³/mol. The Kier molecular flexibility index (Phi) is 5.01. The highest BCUT2D eigenvalue weighted by molar-refractivity contribution is 7.15. The van der Waals surface area contributed by atoms with Crippen LogP contribution in [0, 0.1) is 0 Å². The average Bonchev–Trinajstić information content (AvgIpc) is 3.16. The van der Waals surface area contributed by atoms with E-state index < -0.39 is 0 Å². The van der Waals surface area contributed by atoms with Gasteiger partial charge in [0, 0.05) is 24.0 Å². The Labute approximate surface area is 152 Å². The van der Waals surface area contributed by atoms with Gasteiger partial charge in [-0.3, -0.25) is 5.32 Å². The van der Waals surface area contributed by atoms with Gasteiger partial charge in [-0.2, -0.15) is 0 Å². The van der Waals surface area contributed by atoms with Crippen LogP contribution in [0.2, 0.25) is 0 Å². The van der Waals surface area contributed by atoms with Gasteiger partial charge in [0.2, 0.25) is 0 Å². The molecule has 0 saturated carbocycles. The van der Waals surface area contributed by atoms with Gasteiger partial charge in [0.25, 0.3) is 0 Å². The number of fused-ring (bicyclic) bond motifs is 2. The molecule has 2 aromatic rings. The third-order valence-electron chi connectivity index (χ3n) is 4.95. The van der Waals surface area contributed by atoms with Crippen molar-refractivity contribution >= 4 is 22.5 Å². The van der Waals surface area contributed by atoms with E-state index in [-0.39, 0.29) is 6.03 Å². The minimum atomic E-state index is -0.201. The minimum Gasteiger partial charge on any atom is -0.335 e. The maximum absolute atomic E-state index is 12.2. The fraction of sp³-hybridized carbons (Fsp3) is 0.611. The summed E-state index contributed by atoms with van der Waals surface area (Å²) < 4.78 is 2.21. The van der Waals surface area contributed by atoms with Crippen molar-refractivity contribution in [2.75, 3.05) is 5.32 Å². The summed E-state index contributed by atoms with van der Waals surface area (Å²) in [5, 5.41) is 6.51. The van der Waals surface area contributed by atoms with E-state index in [0.717, 1.165) is 37.3 Å². The fourth-order valence-electron chi connectivity index (χ4n) is 3.63. The van der Waals surface area contributed by atoms with E-state index in [1.54, 1.807) is 11.3 Å². The van der Waals surface area contributed by atoms with Crippen molar-refractivity contribution in [1.82, 2.24) is 19.9 Å². The van der Waals surface area contributed by atoms with Crippen molar-refractivity contribution in [2.24, 2.45) is 0 Å². The monoisotopic (exact) mass is 359 g/mol. The summed E-state index contributed by atoms with van der Waals surface area (Å²) >= 11 is 1.63. The second-order valence-corrected chi connectivity index (χ2v) is 7.99. The number of hydrogen-bond donors (Lipinski definition) is 2. The minimum absolute atomic E-state index is 0.201. The molecule has 134 valence electrons. The zero-order valence-corrected chi connectivity index (χ0v) is 15.3. The van der Waals surface area contributed by atoms with E-state index in [4.69, 9.17) is 0 Å². The first-order chi connectivity index (χ1) is 12.3. The first-order valence-electron chi connectivity index (χ1n) is 9.36. The van der Waals surface area contributed by atoms with E-state index in [9.17, 15) is 4.79 Å². The molecule has 2 N–H and O–H groups in total. The number of aryl methyl sites for hydroxylation is 4. The number of amides is 2. The molecular formula is C18H25N5OS. The standard InChI is InChI=1S/C18H25N5OS/c24-17(19-11-13-12-23-10-6-5-9-16(23)20-13)22-18-21-14-7-3-1-2-4-8-15(14)25-18/h12H,1-11H2,(H2,19,21,22,24). The van der Waals surface area contributed by atoms with Crippen LogP contribution in [0.15, 0.2) is 6.20 Å². The Morgan fingerprint density at radius 3 is 2.80 bits per heavy atom. The van der Waals surface area contributed by atoms with Gasteiger partial charge in [0.1, 0.15) is 5.82 Å². The quantitative estimate of drug-likeness (QED) is 0.878. The molecule has 0 saturated heterocycles. The molecule has 2 aliphatic rings. The number of rotatable bonds is 3. The summed E-state index contributed by atoms with van der Waals surface area (Å²) in [7, 11) is 0. The highest BCUT2D eigenvalue weighted by atomic mass is 32.1. The van der Waals surface area contributed by atoms with Gasteiger partial charge in [-0.15, -0.1) is 11.3 Å². The summed E-state index contributed by atoms with van der Waals surface area (Å²) in [6, 6.07) is -0.201. The van der Waals surface area contributed by atoms with Crippen LogP contribution in [-0.4, -0.2) is 20.6 Å². The lowest BCUT2D eigenvalue weighted by molar-refractivity contribution is 0.251. The molecule has 25 heavy (non-hydrogen) atoms. The van der Waals surface area contributed by atoms with Gasteiger partial charge < -0.3 is 9.88 Å². The Bertz CT molecular complexity index is 702. The van der Waals surface area contributed by atoms with E-state index in [1.165, 1.54) is 49.1 Å². The lowest BCUT2D eigenvalue weighted by atomic mass is 10.0. The van der Waals surface area contributed by atoms with Gasteiger partial charge >= 0.3 is 6.03 Å². The van der Waals surface area contributed by atoms with Gasteiger partial charge in [0.05, 0.1) is 17.9 Å². The highest BCUT2D eigenvalue weighted by Gasteiger charge is 2.16. The maximum atomic E-state index is 12.2. The van der Waals surface area contributed by atoms with Gasteiger partial charge in [-0.25, -0.2) is 14.8 Å². The normalized spacial score (nSPS) is 17.1. The summed E-state index contributed by atoms with van der Waals surface area (Å²) in [6.07, 6.45) is 12.7. The SMILES string of the molecule is O=C(NCc1cn2c(n1)CCCC2)Nc1nc2c(s1)CCCCCC2. The smallest absolute Gasteiger partial charge is 0.321 e. The molecule has 1 aliphatic carbocycles. The molecule has 1 aliphatic heterocycles. The molecule has 0 aromatic carbocycles. The molecule has 0 radical (unpaired) electrons. The van der Waals surface area contributed by atoms with E-state index in [1.807, 2.05) is 0 Å². The molecule has 0 fully saturated rings. The molecule has 0 bridgehead atoms. The number of nitrogens with zero attached hydrogens (tertiary/aromatic N) is 3. The van der Waals surface area contributed by atoms with Crippen LogP contribution in [-0.2, 0) is 32.4 Å². The summed E-state index contributed by atoms with van der Waals surface area (Å²) in [6.45, 7) is 1.50. The maximum Gasteiger partial charge on any atom is 0.321 e. The first kappa shape index (κ1) is 16.6. The van der Waals surface area contributed by atoms with Crippen molar-refractivity contribution < 1.29 is 4.79 Å². The van der Waals surface area contributed by atoms with E-state index in [2.05, 4.69) is 31.4 Å². The van der Waals surface area contributed by atoms with Crippen molar-refractivity contribution in [3.8, 4) is 0 Å². The van der Waals surface area contributed by atoms with E-state index >= 15 is 0 Å². The third kappa shape index (κ3) is 4.03. The number of carbonyl (C=O) groups excluding carboxylic acids is 1. The molecule has 0 unspecified atom stereocenters. The number of aromatic nitrogens is 3. The summed E-state index contributed by atoms with van der Waals surface area (Å²) in [5.41, 5.74) is 2.11. The number of carbonyl (C=O) groups is 1. The number of anilines is 1. The van der Waals surface area contributed by atoms with Crippen LogP contribution in [0.25, 0.3) is 0 Å². The predicted octanol–water partition coefficient (Wildman–Crippen LogP) is 3.66. The van der Waals surface area contributed by atoms with Gasteiger partial charge in [0.15, 0.2) is 5.13 Å². The fourth-order valence-corrected chi connectivity index (χ4v) is 4.67. The zero-order valence-electron chi connectivity index (χ0n) is 14.5. The molecule has 6 nitrogen and oxygen atoms in total. The topological polar surface area (TPSA) is 71.8 Å². The van der Waals surface area contributed by atoms with Crippen LogP contribution in [0.1, 0.15) is 60.6 Å². The number of imidazole rings is 1. The molecule has 0 atom stereocenters. The van der Waals surface area contributed by atoms with Crippen molar-refractivity contribution in [3.63, 3.8) is 0 Å². The number of hydrogen-bond acceptors (Lipinski definition) is 4. The van der Waals surface area contributed by atoms with Gasteiger partial charge in [-0.05, 0) is 38.5 Å². The highest BCUT2D eigenvalue weighted by Crippen LogP contribution is 2.28. The second kappa shape index (κ2) is 7.56. The Hall–Kier alpha value is -1.89. The van der Waals surface area contributed by atoms with Crippen molar-refractivity contribution in [3.05, 3.63) is 28.3 Å². The van der Waals surface area contributed by atoms with Crippen molar-refractivity contribution in [1.29, 1.82) is 0 Å². The number of urea groups is 1. The molecular weight excluding hydrogens is 334 g/mol. The molecule has 2 aromatic heterocycles. The summed E-state index contributed by atoms with van der Waals surface area (Å²) in [5.74, 6) is 1.14. The molecule has 3 heterocycles. The molecule has 7 heteroatoms. The Morgan fingerprint density at radius 1 is 1.08 bits per heavy atom. The summed E-state index contributed by atoms with van der Waals surface area (Å²) in [4.78, 5) is 22.8. The van der Waals surface area contributed by atoms with Crippen LogP contribution in [0.4, 0.5) is 9.93 Å². The third-order valence-corrected chi connectivity index (χ3v) is 6.03. The molecule has 2 amide bonds. The molecule has 4 rings (SSSR count). The first-order valence-corrected chi connectivity index (χ1v) is 10.2. The zero-order chi connectivity index (χ0) is 17.1. The van der Waals surface area contributed by atoms with Crippen LogP contribution in [0.3, 0.4) is 0 Å². The van der Waals surface area contributed by atoms with Crippen LogP contribution in [0.5, 0.6) is 0 Å². The number of thiazole rings is 1. The average molecular weight is 359 g/mol. The largest absolute Gasteiger partial charge is 0.335 e. The Balaban J connectivity index is 1.33.